The number of nitrogens with one attached hydrogen (secondary N) is 1. The average molecular weight is 300 g/mol. The maximum Gasteiger partial charge on any atom is 0.137 e. The molecule has 0 aliphatic carbocycles. The fourth-order valence-corrected chi connectivity index (χ4v) is 2.33. The molecule has 4 heteroatoms. The summed E-state index contributed by atoms with van der Waals surface area (Å²) in [5, 5.41) is 4.23. The fourth-order valence-electron chi connectivity index (χ4n) is 2.13. The number of halogens is 1. The Morgan fingerprint density at radius 3 is 2.75 bits per heavy atom. The second-order valence-electron chi connectivity index (χ2n) is 4.74. The van der Waals surface area contributed by atoms with Gasteiger partial charge in [0.2, 0.25) is 0 Å². The molecule has 0 radical (unpaired) electrons. The molecule has 20 heavy (non-hydrogen) atoms. The second kappa shape index (κ2) is 10.0. The lowest BCUT2D eigenvalue weighted by atomic mass is 10.0. The molecule has 1 aromatic carbocycles. The van der Waals surface area contributed by atoms with E-state index < -0.39 is 0 Å². The van der Waals surface area contributed by atoms with Crippen molar-refractivity contribution in [2.45, 2.75) is 39.2 Å². The molecule has 0 saturated heterocycles. The lowest BCUT2D eigenvalue weighted by Gasteiger charge is -2.20. The van der Waals surface area contributed by atoms with Gasteiger partial charge in [-0.05, 0) is 50.4 Å². The Hall–Kier alpha value is -0.770. The van der Waals surface area contributed by atoms with Crippen LogP contribution < -0.4 is 10.1 Å². The molecule has 0 aliphatic rings. The molecule has 0 bridgehead atoms. The maximum atomic E-state index is 6.09. The third kappa shape index (κ3) is 5.70. The van der Waals surface area contributed by atoms with Crippen LogP contribution in [0.3, 0.4) is 0 Å². The quantitative estimate of drug-likeness (QED) is 0.657. The molecule has 1 atom stereocenters. The molecule has 0 spiro atoms. The zero-order valence-corrected chi connectivity index (χ0v) is 13.5. The SMILES string of the molecule is CCCNC(CCCOCC)c1ccc(Cl)c(OC)c1. The fraction of sp³-hybridized carbons (Fsp3) is 0.625. The van der Waals surface area contributed by atoms with Crippen molar-refractivity contribution in [3.05, 3.63) is 28.8 Å². The van der Waals surface area contributed by atoms with Crippen molar-refractivity contribution in [2.75, 3.05) is 26.9 Å². The van der Waals surface area contributed by atoms with E-state index in [4.69, 9.17) is 21.1 Å². The Morgan fingerprint density at radius 1 is 1.30 bits per heavy atom. The minimum atomic E-state index is 0.321. The van der Waals surface area contributed by atoms with Gasteiger partial charge in [-0.2, -0.15) is 0 Å². The minimum Gasteiger partial charge on any atom is -0.495 e. The van der Waals surface area contributed by atoms with E-state index in [1.807, 2.05) is 19.1 Å². The van der Waals surface area contributed by atoms with Crippen LogP contribution in [0.5, 0.6) is 5.75 Å². The highest BCUT2D eigenvalue weighted by Gasteiger charge is 2.12. The van der Waals surface area contributed by atoms with Crippen LogP contribution in [0, 0.1) is 0 Å². The Labute approximate surface area is 127 Å². The molecule has 1 aromatic rings. The largest absolute Gasteiger partial charge is 0.495 e. The summed E-state index contributed by atoms with van der Waals surface area (Å²) in [6.45, 7) is 6.79. The number of hydrogen-bond acceptors (Lipinski definition) is 3. The lowest BCUT2D eigenvalue weighted by Crippen LogP contribution is -2.22. The third-order valence-electron chi connectivity index (χ3n) is 3.20. The predicted octanol–water partition coefficient (Wildman–Crippen LogP) is 4.21. The lowest BCUT2D eigenvalue weighted by molar-refractivity contribution is 0.141. The highest BCUT2D eigenvalue weighted by Crippen LogP contribution is 2.29. The summed E-state index contributed by atoms with van der Waals surface area (Å²) in [6.07, 6.45) is 3.21. The van der Waals surface area contributed by atoms with Gasteiger partial charge in [0, 0.05) is 19.3 Å². The standard InChI is InChI=1S/C16H26ClNO2/c1-4-10-18-15(7-6-11-20-5-2)13-8-9-14(17)16(12-13)19-3/h8-9,12,15,18H,4-7,10-11H2,1-3H3. The molecule has 1 unspecified atom stereocenters. The Bertz CT molecular complexity index is 385. The van der Waals surface area contributed by atoms with E-state index in [1.165, 1.54) is 5.56 Å². The van der Waals surface area contributed by atoms with E-state index in [0.29, 0.717) is 11.1 Å². The first-order chi connectivity index (χ1) is 9.72. The highest BCUT2D eigenvalue weighted by atomic mass is 35.5. The van der Waals surface area contributed by atoms with Crippen LogP contribution in [0.2, 0.25) is 5.02 Å². The smallest absolute Gasteiger partial charge is 0.137 e. The summed E-state index contributed by atoms with van der Waals surface area (Å²) in [5.74, 6) is 0.734. The number of ether oxygens (including phenoxy) is 2. The van der Waals surface area contributed by atoms with E-state index in [9.17, 15) is 0 Å². The van der Waals surface area contributed by atoms with Gasteiger partial charge in [-0.1, -0.05) is 24.6 Å². The number of hydrogen-bond donors (Lipinski definition) is 1. The molecule has 0 saturated carbocycles. The predicted molar refractivity (Wildman–Crippen MR) is 84.8 cm³/mol. The van der Waals surface area contributed by atoms with Crippen LogP contribution in [0.25, 0.3) is 0 Å². The zero-order chi connectivity index (χ0) is 14.8. The van der Waals surface area contributed by atoms with Gasteiger partial charge in [-0.25, -0.2) is 0 Å². The van der Waals surface area contributed by atoms with E-state index in [-0.39, 0.29) is 0 Å². The van der Waals surface area contributed by atoms with Gasteiger partial charge in [0.25, 0.3) is 0 Å². The normalized spacial score (nSPS) is 12.4. The molecule has 0 aromatic heterocycles. The first-order valence-electron chi connectivity index (χ1n) is 7.37. The van der Waals surface area contributed by atoms with Crippen molar-refractivity contribution >= 4 is 11.6 Å². The van der Waals surface area contributed by atoms with Crippen LogP contribution in [0.1, 0.15) is 44.7 Å². The Kier molecular flexibility index (Phi) is 8.67. The second-order valence-corrected chi connectivity index (χ2v) is 5.15. The Balaban J connectivity index is 2.70. The molecule has 114 valence electrons. The third-order valence-corrected chi connectivity index (χ3v) is 3.52. The van der Waals surface area contributed by atoms with Gasteiger partial charge < -0.3 is 14.8 Å². The molecule has 0 aliphatic heterocycles. The molecule has 1 N–H and O–H groups in total. The Morgan fingerprint density at radius 2 is 2.10 bits per heavy atom. The molecule has 0 fully saturated rings. The van der Waals surface area contributed by atoms with Crippen molar-refractivity contribution in [1.29, 1.82) is 0 Å². The van der Waals surface area contributed by atoms with Crippen LogP contribution >= 0.6 is 11.6 Å². The van der Waals surface area contributed by atoms with Crippen molar-refractivity contribution in [1.82, 2.24) is 5.32 Å². The topological polar surface area (TPSA) is 30.5 Å². The molecule has 1 rings (SSSR count). The van der Waals surface area contributed by atoms with Gasteiger partial charge in [0.1, 0.15) is 5.75 Å². The van der Waals surface area contributed by atoms with Gasteiger partial charge in [0.15, 0.2) is 0 Å². The van der Waals surface area contributed by atoms with E-state index in [1.54, 1.807) is 7.11 Å². The summed E-state index contributed by atoms with van der Waals surface area (Å²) in [7, 11) is 1.65. The molecule has 0 heterocycles. The number of rotatable bonds is 10. The van der Waals surface area contributed by atoms with E-state index >= 15 is 0 Å². The molecule has 3 nitrogen and oxygen atoms in total. The summed E-state index contributed by atoms with van der Waals surface area (Å²) in [6, 6.07) is 6.32. The first-order valence-corrected chi connectivity index (χ1v) is 7.75. The summed E-state index contributed by atoms with van der Waals surface area (Å²) in [5.41, 5.74) is 1.22. The first kappa shape index (κ1) is 17.3. The monoisotopic (exact) mass is 299 g/mol. The van der Waals surface area contributed by atoms with Crippen molar-refractivity contribution in [3.8, 4) is 5.75 Å². The van der Waals surface area contributed by atoms with E-state index in [2.05, 4.69) is 18.3 Å². The van der Waals surface area contributed by atoms with Crippen molar-refractivity contribution in [2.24, 2.45) is 0 Å². The molecule has 0 amide bonds. The van der Waals surface area contributed by atoms with Crippen molar-refractivity contribution < 1.29 is 9.47 Å². The van der Waals surface area contributed by atoms with E-state index in [0.717, 1.165) is 44.8 Å². The van der Waals surface area contributed by atoms with Crippen LogP contribution in [-0.4, -0.2) is 26.9 Å². The molecular weight excluding hydrogens is 274 g/mol. The summed E-state index contributed by atoms with van der Waals surface area (Å²) in [4.78, 5) is 0. The summed E-state index contributed by atoms with van der Waals surface area (Å²) < 4.78 is 10.7. The maximum absolute atomic E-state index is 6.09. The average Bonchev–Trinajstić information content (AvgIpc) is 2.47. The van der Waals surface area contributed by atoms with Gasteiger partial charge in [-0.15, -0.1) is 0 Å². The van der Waals surface area contributed by atoms with Crippen LogP contribution in [0.15, 0.2) is 18.2 Å². The number of methoxy groups -OCH3 is 1. The number of benzene rings is 1. The summed E-state index contributed by atoms with van der Waals surface area (Å²) >= 11 is 6.09. The van der Waals surface area contributed by atoms with Crippen LogP contribution in [0.4, 0.5) is 0 Å². The molecular formula is C16H26ClNO2. The highest BCUT2D eigenvalue weighted by molar-refractivity contribution is 6.32. The minimum absolute atomic E-state index is 0.321. The van der Waals surface area contributed by atoms with Gasteiger partial charge >= 0.3 is 0 Å². The van der Waals surface area contributed by atoms with Gasteiger partial charge in [-0.3, -0.25) is 0 Å². The van der Waals surface area contributed by atoms with Gasteiger partial charge in [0.05, 0.1) is 12.1 Å². The van der Waals surface area contributed by atoms with Crippen LogP contribution in [-0.2, 0) is 4.74 Å². The van der Waals surface area contributed by atoms with Crippen molar-refractivity contribution in [3.63, 3.8) is 0 Å². The zero-order valence-electron chi connectivity index (χ0n) is 12.7.